The maximum Gasteiger partial charge on any atom is 0.0933 e. The van der Waals surface area contributed by atoms with Crippen LogP contribution in [0.3, 0.4) is 0 Å². The Morgan fingerprint density at radius 1 is 1.42 bits per heavy atom. The topological polar surface area (TPSA) is 29.5 Å². The highest BCUT2D eigenvalue weighted by atomic mass is 16.5. The van der Waals surface area contributed by atoms with Crippen LogP contribution >= 0.6 is 0 Å². The van der Waals surface area contributed by atoms with Crippen molar-refractivity contribution >= 4 is 0 Å². The van der Waals surface area contributed by atoms with Crippen LogP contribution in [0.1, 0.15) is 39.5 Å². The first-order chi connectivity index (χ1) is 5.70. The van der Waals surface area contributed by atoms with E-state index in [1.165, 1.54) is 12.8 Å². The quantitative estimate of drug-likeness (QED) is 0.687. The molecule has 1 aliphatic carbocycles. The second-order valence-corrected chi connectivity index (χ2v) is 3.76. The summed E-state index contributed by atoms with van der Waals surface area (Å²) < 4.78 is 5.45. The Morgan fingerprint density at radius 3 is 2.17 bits per heavy atom. The maximum atomic E-state index is 9.97. The van der Waals surface area contributed by atoms with Crippen LogP contribution in [0.2, 0.25) is 0 Å². The second-order valence-electron chi connectivity index (χ2n) is 3.76. The minimum atomic E-state index is -0.277. The molecule has 1 unspecified atom stereocenters. The van der Waals surface area contributed by atoms with Gasteiger partial charge in [0.1, 0.15) is 0 Å². The average Bonchev–Trinajstić information content (AvgIpc) is 2.91. The van der Waals surface area contributed by atoms with Gasteiger partial charge in [-0.2, -0.15) is 0 Å². The molecule has 0 heterocycles. The van der Waals surface area contributed by atoms with Gasteiger partial charge >= 0.3 is 0 Å². The lowest BCUT2D eigenvalue weighted by Gasteiger charge is -2.35. The molecule has 72 valence electrons. The van der Waals surface area contributed by atoms with Crippen LogP contribution in [0, 0.1) is 5.92 Å². The zero-order valence-corrected chi connectivity index (χ0v) is 8.34. The highest BCUT2D eigenvalue weighted by molar-refractivity contribution is 4.95. The number of ether oxygens (including phenoxy) is 1. The van der Waals surface area contributed by atoms with Crippen LogP contribution in [-0.4, -0.2) is 23.9 Å². The minimum Gasteiger partial charge on any atom is -0.390 e. The first kappa shape index (κ1) is 10.0. The second kappa shape index (κ2) is 3.75. The number of rotatable bonds is 5. The Balaban J connectivity index is 2.60. The van der Waals surface area contributed by atoms with Crippen molar-refractivity contribution in [2.45, 2.75) is 51.2 Å². The molecule has 1 N–H and O–H groups in total. The number of methoxy groups -OCH3 is 1. The van der Waals surface area contributed by atoms with Crippen molar-refractivity contribution in [3.63, 3.8) is 0 Å². The first-order valence-corrected chi connectivity index (χ1v) is 4.93. The fraction of sp³-hybridized carbons (Fsp3) is 1.00. The van der Waals surface area contributed by atoms with Gasteiger partial charge in [0.2, 0.25) is 0 Å². The lowest BCUT2D eigenvalue weighted by atomic mass is 9.87. The summed E-state index contributed by atoms with van der Waals surface area (Å²) in [6.07, 6.45) is 3.89. The van der Waals surface area contributed by atoms with Crippen molar-refractivity contribution in [3.05, 3.63) is 0 Å². The van der Waals surface area contributed by atoms with E-state index < -0.39 is 0 Å². The van der Waals surface area contributed by atoms with Crippen LogP contribution in [0.4, 0.5) is 0 Å². The molecule has 2 heteroatoms. The van der Waals surface area contributed by atoms with Gasteiger partial charge in [-0.05, 0) is 31.6 Å². The van der Waals surface area contributed by atoms with Gasteiger partial charge in [0.15, 0.2) is 0 Å². The van der Waals surface area contributed by atoms with Crippen molar-refractivity contribution < 1.29 is 9.84 Å². The monoisotopic (exact) mass is 172 g/mol. The van der Waals surface area contributed by atoms with E-state index in [9.17, 15) is 5.11 Å². The zero-order valence-electron chi connectivity index (χ0n) is 8.34. The van der Waals surface area contributed by atoms with Gasteiger partial charge in [-0.3, -0.25) is 0 Å². The zero-order chi connectivity index (χ0) is 9.19. The molecule has 0 saturated heterocycles. The Bertz CT molecular complexity index is 129. The summed E-state index contributed by atoms with van der Waals surface area (Å²) in [5.41, 5.74) is -0.277. The summed E-state index contributed by atoms with van der Waals surface area (Å²) in [4.78, 5) is 0. The predicted octanol–water partition coefficient (Wildman–Crippen LogP) is 1.96. The van der Waals surface area contributed by atoms with Crippen LogP contribution < -0.4 is 0 Å². The van der Waals surface area contributed by atoms with Crippen molar-refractivity contribution in [1.82, 2.24) is 0 Å². The molecule has 1 fully saturated rings. The molecule has 12 heavy (non-hydrogen) atoms. The van der Waals surface area contributed by atoms with Gasteiger partial charge in [0.25, 0.3) is 0 Å². The third-order valence-corrected chi connectivity index (χ3v) is 3.21. The maximum absolute atomic E-state index is 9.97. The third-order valence-electron chi connectivity index (χ3n) is 3.21. The Labute approximate surface area is 74.9 Å². The van der Waals surface area contributed by atoms with E-state index in [-0.39, 0.29) is 11.7 Å². The number of hydrogen-bond acceptors (Lipinski definition) is 2. The van der Waals surface area contributed by atoms with Crippen LogP contribution in [-0.2, 0) is 4.74 Å². The average molecular weight is 172 g/mol. The van der Waals surface area contributed by atoms with E-state index in [1.54, 1.807) is 7.11 Å². The predicted molar refractivity (Wildman–Crippen MR) is 49.1 cm³/mol. The first-order valence-electron chi connectivity index (χ1n) is 4.93. The van der Waals surface area contributed by atoms with Crippen molar-refractivity contribution in [3.8, 4) is 0 Å². The molecule has 0 aliphatic heterocycles. The van der Waals surface area contributed by atoms with E-state index in [2.05, 4.69) is 13.8 Å². The summed E-state index contributed by atoms with van der Waals surface area (Å²) in [6, 6.07) is 0. The smallest absolute Gasteiger partial charge is 0.0933 e. The van der Waals surface area contributed by atoms with Crippen molar-refractivity contribution in [1.29, 1.82) is 0 Å². The minimum absolute atomic E-state index is 0.252. The van der Waals surface area contributed by atoms with Crippen LogP contribution in [0.5, 0.6) is 0 Å². The lowest BCUT2D eigenvalue weighted by molar-refractivity contribution is -0.115. The van der Waals surface area contributed by atoms with Crippen molar-refractivity contribution in [2.24, 2.45) is 5.92 Å². The van der Waals surface area contributed by atoms with E-state index in [1.807, 2.05) is 0 Å². The molecular weight excluding hydrogens is 152 g/mol. The van der Waals surface area contributed by atoms with Gasteiger partial charge in [-0.1, -0.05) is 13.8 Å². The lowest BCUT2D eigenvalue weighted by Crippen LogP contribution is -2.44. The molecule has 0 aromatic rings. The molecule has 1 atom stereocenters. The van der Waals surface area contributed by atoms with Gasteiger partial charge in [-0.25, -0.2) is 0 Å². The SMILES string of the molecule is CCC(CC)(OC)C(O)C1CC1. The molecule has 0 amide bonds. The molecule has 0 aromatic carbocycles. The Kier molecular flexibility index (Phi) is 3.13. The van der Waals surface area contributed by atoms with Crippen LogP contribution in [0.15, 0.2) is 0 Å². The Hall–Kier alpha value is -0.0800. The number of aliphatic hydroxyl groups is 1. The van der Waals surface area contributed by atoms with Gasteiger partial charge < -0.3 is 9.84 Å². The fourth-order valence-electron chi connectivity index (χ4n) is 1.92. The fourth-order valence-corrected chi connectivity index (χ4v) is 1.92. The van der Waals surface area contributed by atoms with Crippen molar-refractivity contribution in [2.75, 3.05) is 7.11 Å². The molecule has 0 bridgehead atoms. The standard InChI is InChI=1S/C10H20O2/c1-4-10(5-2,12-3)9(11)8-6-7-8/h8-9,11H,4-7H2,1-3H3. The largest absolute Gasteiger partial charge is 0.390 e. The summed E-state index contributed by atoms with van der Waals surface area (Å²) in [5, 5.41) is 9.97. The highest BCUT2D eigenvalue weighted by Crippen LogP contribution is 2.40. The summed E-state index contributed by atoms with van der Waals surface area (Å²) >= 11 is 0. The number of aliphatic hydroxyl groups excluding tert-OH is 1. The molecule has 0 spiro atoms. The summed E-state index contributed by atoms with van der Waals surface area (Å²) in [6.45, 7) is 4.16. The summed E-state index contributed by atoms with van der Waals surface area (Å²) in [5.74, 6) is 0.504. The van der Waals surface area contributed by atoms with Gasteiger partial charge in [0.05, 0.1) is 11.7 Å². The van der Waals surface area contributed by atoms with E-state index in [0.717, 1.165) is 12.8 Å². The van der Waals surface area contributed by atoms with E-state index >= 15 is 0 Å². The molecule has 1 saturated carbocycles. The normalized spacial score (nSPS) is 21.0. The molecule has 1 rings (SSSR count). The van der Waals surface area contributed by atoms with E-state index in [0.29, 0.717) is 5.92 Å². The highest BCUT2D eigenvalue weighted by Gasteiger charge is 2.43. The molecule has 2 nitrogen and oxygen atoms in total. The molecule has 0 radical (unpaired) electrons. The van der Waals surface area contributed by atoms with Crippen LogP contribution in [0.25, 0.3) is 0 Å². The molecule has 1 aliphatic rings. The molecule has 0 aromatic heterocycles. The third kappa shape index (κ3) is 1.64. The van der Waals surface area contributed by atoms with Gasteiger partial charge in [0, 0.05) is 7.11 Å². The molecular formula is C10H20O2. The van der Waals surface area contributed by atoms with E-state index in [4.69, 9.17) is 4.74 Å². The Morgan fingerprint density at radius 2 is 1.92 bits per heavy atom. The summed E-state index contributed by atoms with van der Waals surface area (Å²) in [7, 11) is 1.71. The van der Waals surface area contributed by atoms with Gasteiger partial charge in [-0.15, -0.1) is 0 Å². The number of hydrogen-bond donors (Lipinski definition) is 1.